The van der Waals surface area contributed by atoms with Gasteiger partial charge in [0.15, 0.2) is 12.7 Å². The molecule has 1 aromatic heterocycles. The number of aromatic nitrogens is 1. The first kappa shape index (κ1) is 39.6. The summed E-state index contributed by atoms with van der Waals surface area (Å²) in [6.07, 6.45) is 24.4. The number of phosphoric acid groups is 1. The Hall–Kier alpha value is -0.550. The van der Waals surface area contributed by atoms with Crippen molar-refractivity contribution in [2.75, 3.05) is 26.4 Å². The van der Waals surface area contributed by atoms with Crippen LogP contribution in [0.1, 0.15) is 122 Å². The van der Waals surface area contributed by atoms with E-state index in [4.69, 9.17) is 18.5 Å². The summed E-state index contributed by atoms with van der Waals surface area (Å²) >= 11 is 1.54. The van der Waals surface area contributed by atoms with Gasteiger partial charge in [0.2, 0.25) is 5.51 Å². The highest BCUT2D eigenvalue weighted by Crippen LogP contribution is 2.48. The van der Waals surface area contributed by atoms with E-state index in [-0.39, 0.29) is 60.8 Å². The van der Waals surface area contributed by atoms with Crippen LogP contribution in [-0.4, -0.2) is 49.6 Å². The molecule has 0 radical (unpaired) electrons. The van der Waals surface area contributed by atoms with Crippen LogP contribution in [0, 0.1) is 11.8 Å². The van der Waals surface area contributed by atoms with Crippen molar-refractivity contribution in [2.24, 2.45) is 11.8 Å². The van der Waals surface area contributed by atoms with Crippen LogP contribution in [-0.2, 0) is 29.6 Å². The van der Waals surface area contributed by atoms with Gasteiger partial charge < -0.3 is 36.7 Å². The molecule has 0 aromatic carbocycles. The average molecular weight is 726 g/mol. The number of hydrogen-bond acceptors (Lipinski definition) is 7. The van der Waals surface area contributed by atoms with Gasteiger partial charge in [-0.05, 0) is 19.3 Å². The number of rotatable bonds is 26. The number of fused-ring (bicyclic) bond motifs is 2. The van der Waals surface area contributed by atoms with Crippen LogP contribution in [0.3, 0.4) is 0 Å². The first-order valence-corrected chi connectivity index (χ1v) is 19.5. The molecule has 44 heavy (non-hydrogen) atoms. The first-order chi connectivity index (χ1) is 21.0. The Bertz CT molecular complexity index is 913. The topological polar surface area (TPSA) is 107 Å². The lowest BCUT2D eigenvalue weighted by atomic mass is 9.80. The predicted octanol–water partition coefficient (Wildman–Crippen LogP) is 4.95. The molecule has 2 fully saturated rings. The second-order valence-corrected chi connectivity index (χ2v) is 14.5. The Kier molecular flexibility index (Phi) is 21.4. The highest BCUT2D eigenvalue weighted by Gasteiger charge is 2.50. The molecular weight excluding hydrogens is 667 g/mol. The quantitative estimate of drug-likeness (QED) is 0.0791. The number of halogens is 1. The Morgan fingerprint density at radius 2 is 1.43 bits per heavy atom. The first-order valence-electron chi connectivity index (χ1n) is 17.1. The molecule has 0 aliphatic carbocycles. The standard InChI is InChI=1S/C32H57N2O7PS.BrH/c1-2-3-4-5-6-7-8-9-10-11-12-13-14-15-16-17-20-33-32(35)38-25-28-29(31-19-18-30(28)41-31)26-40-42(36,37)39-23-21-34-22-24-43-27-34;/h22,24,27-31H,2-21,23,25-26H2,1H3,(H-,33,35,36,37);1H/t28-,29-,30-,31+;/m1./s1. The SMILES string of the molecule is CCCCCCCCCCCCCCCCCCNC(=O)OC[C@@H]1[C@@H](COP(=O)(O)OCC[n+]2ccsc2)[C@@H]2CC[C@H]1O2.[Br-]. The van der Waals surface area contributed by atoms with E-state index in [9.17, 15) is 14.3 Å². The number of unbranched alkanes of at least 4 members (excludes halogenated alkanes) is 15. The van der Waals surface area contributed by atoms with Gasteiger partial charge in [0.05, 0.1) is 30.8 Å². The number of alkyl carbamates (subject to hydrolysis) is 1. The maximum Gasteiger partial charge on any atom is 0.472 e. The van der Waals surface area contributed by atoms with Crippen molar-refractivity contribution in [2.45, 2.75) is 141 Å². The van der Waals surface area contributed by atoms with Gasteiger partial charge in [-0.15, -0.1) is 0 Å². The van der Waals surface area contributed by atoms with Crippen molar-refractivity contribution in [3.8, 4) is 0 Å². The summed E-state index contributed by atoms with van der Waals surface area (Å²) in [5, 5.41) is 4.79. The molecule has 2 saturated heterocycles. The van der Waals surface area contributed by atoms with E-state index < -0.39 is 13.9 Å². The lowest BCUT2D eigenvalue weighted by Gasteiger charge is -2.27. The van der Waals surface area contributed by atoms with E-state index in [1.165, 1.54) is 89.9 Å². The Morgan fingerprint density at radius 3 is 1.98 bits per heavy atom. The molecule has 3 rings (SSSR count). The number of hydrogen-bond donors (Lipinski definition) is 2. The van der Waals surface area contributed by atoms with E-state index >= 15 is 0 Å². The molecule has 5 atom stereocenters. The predicted molar refractivity (Wildman–Crippen MR) is 170 cm³/mol. The van der Waals surface area contributed by atoms with Crippen LogP contribution >= 0.6 is 19.2 Å². The van der Waals surface area contributed by atoms with Gasteiger partial charge in [-0.25, -0.2) is 9.36 Å². The van der Waals surface area contributed by atoms with Crippen molar-refractivity contribution < 1.29 is 54.3 Å². The maximum absolute atomic E-state index is 12.4. The average Bonchev–Trinajstić information content (AvgIpc) is 3.75. The van der Waals surface area contributed by atoms with Crippen molar-refractivity contribution in [1.29, 1.82) is 0 Å². The summed E-state index contributed by atoms with van der Waals surface area (Å²) in [5.74, 6) is -0.163. The second-order valence-electron chi connectivity index (χ2n) is 12.3. The molecule has 0 saturated carbocycles. The van der Waals surface area contributed by atoms with E-state index in [0.29, 0.717) is 13.1 Å². The number of phosphoric ester groups is 1. The molecule has 1 amide bonds. The zero-order chi connectivity index (χ0) is 30.6. The van der Waals surface area contributed by atoms with Gasteiger partial charge in [-0.2, -0.15) is 4.57 Å². The van der Waals surface area contributed by atoms with Gasteiger partial charge >= 0.3 is 13.9 Å². The Balaban J connectivity index is 0.00000675. The number of carbonyl (C=O) groups excluding carboxylic acids is 1. The summed E-state index contributed by atoms with van der Waals surface area (Å²) in [6, 6.07) is 0. The molecule has 2 aliphatic heterocycles. The fourth-order valence-electron chi connectivity index (χ4n) is 6.29. The van der Waals surface area contributed by atoms with E-state index in [1.54, 1.807) is 11.3 Å². The molecule has 2 aliphatic rings. The molecule has 12 heteroatoms. The number of nitrogens with zero attached hydrogens (tertiary/aromatic N) is 1. The molecular formula is C32H58BrN2O7PS. The lowest BCUT2D eigenvalue weighted by molar-refractivity contribution is -0.693. The molecule has 1 aromatic rings. The zero-order valence-corrected chi connectivity index (χ0v) is 30.2. The summed E-state index contributed by atoms with van der Waals surface area (Å²) in [7, 11) is -4.18. The molecule has 0 spiro atoms. The van der Waals surface area contributed by atoms with Gasteiger partial charge in [-0.3, -0.25) is 9.05 Å². The minimum atomic E-state index is -4.18. The molecule has 256 valence electrons. The molecule has 2 bridgehead atoms. The smallest absolute Gasteiger partial charge is 0.472 e. The maximum atomic E-state index is 12.4. The van der Waals surface area contributed by atoms with E-state index in [2.05, 4.69) is 12.2 Å². The highest BCUT2D eigenvalue weighted by molar-refractivity contribution is 7.47. The normalized spacial score (nSPS) is 22.0. The minimum absolute atomic E-state index is 0. The third-order valence-corrected chi connectivity index (χ3v) is 10.5. The molecule has 1 unspecified atom stereocenters. The third kappa shape index (κ3) is 16.3. The summed E-state index contributed by atoms with van der Waals surface area (Å²) in [6.45, 7) is 3.69. The number of carbonyl (C=O) groups is 1. The molecule has 3 heterocycles. The summed E-state index contributed by atoms with van der Waals surface area (Å²) < 4.78 is 36.3. The van der Waals surface area contributed by atoms with Gasteiger partial charge in [0.25, 0.3) is 0 Å². The Morgan fingerprint density at radius 1 is 0.886 bits per heavy atom. The van der Waals surface area contributed by atoms with E-state index in [0.717, 1.165) is 25.7 Å². The van der Waals surface area contributed by atoms with Gasteiger partial charge in [-0.1, -0.05) is 115 Å². The number of amides is 1. The monoisotopic (exact) mass is 724 g/mol. The van der Waals surface area contributed by atoms with Crippen LogP contribution in [0.25, 0.3) is 0 Å². The molecule has 2 N–H and O–H groups in total. The number of nitrogens with one attached hydrogen (secondary N) is 1. The summed E-state index contributed by atoms with van der Waals surface area (Å²) in [5.41, 5.74) is 1.90. The zero-order valence-electron chi connectivity index (χ0n) is 26.9. The largest absolute Gasteiger partial charge is 1.00 e. The third-order valence-electron chi connectivity index (χ3n) is 8.86. The second kappa shape index (κ2) is 23.7. The van der Waals surface area contributed by atoms with Crippen molar-refractivity contribution in [3.63, 3.8) is 0 Å². The lowest BCUT2D eigenvalue weighted by Crippen LogP contribution is -3.00. The van der Waals surface area contributed by atoms with Crippen molar-refractivity contribution in [3.05, 3.63) is 17.1 Å². The fraction of sp³-hybridized carbons (Fsp3) is 0.875. The summed E-state index contributed by atoms with van der Waals surface area (Å²) in [4.78, 5) is 22.4. The molecule has 9 nitrogen and oxygen atoms in total. The van der Waals surface area contributed by atoms with Crippen LogP contribution in [0.15, 0.2) is 17.1 Å². The number of thiazole rings is 1. The number of ether oxygens (including phenoxy) is 2. The van der Waals surface area contributed by atoms with Crippen molar-refractivity contribution in [1.82, 2.24) is 5.32 Å². The minimum Gasteiger partial charge on any atom is -1.00 e. The fourth-order valence-corrected chi connectivity index (χ4v) is 7.66. The van der Waals surface area contributed by atoms with Crippen molar-refractivity contribution >= 4 is 25.3 Å². The van der Waals surface area contributed by atoms with Crippen LogP contribution in [0.5, 0.6) is 0 Å². The van der Waals surface area contributed by atoms with Crippen LogP contribution < -0.4 is 26.9 Å². The van der Waals surface area contributed by atoms with Gasteiger partial charge in [0, 0.05) is 18.4 Å². The Labute approximate surface area is 280 Å². The highest BCUT2D eigenvalue weighted by atomic mass is 79.9. The van der Waals surface area contributed by atoms with E-state index in [1.807, 2.05) is 21.7 Å². The van der Waals surface area contributed by atoms with Crippen LogP contribution in [0.2, 0.25) is 0 Å². The van der Waals surface area contributed by atoms with Gasteiger partial charge in [0.1, 0.15) is 6.61 Å². The van der Waals surface area contributed by atoms with Crippen LogP contribution in [0.4, 0.5) is 4.79 Å².